The van der Waals surface area contributed by atoms with E-state index in [2.05, 4.69) is 0 Å². The van der Waals surface area contributed by atoms with Gasteiger partial charge < -0.3 is 19.8 Å². The molecule has 6 heteroatoms. The third kappa shape index (κ3) is 4.67. The highest BCUT2D eigenvalue weighted by Crippen LogP contribution is 2.24. The van der Waals surface area contributed by atoms with E-state index in [9.17, 15) is 15.0 Å². The van der Waals surface area contributed by atoms with E-state index in [1.54, 1.807) is 30.2 Å². The van der Waals surface area contributed by atoms with Gasteiger partial charge >= 0.3 is 0 Å². The number of aromatic hydroxyl groups is 1. The molecule has 6 nitrogen and oxygen atoms in total. The van der Waals surface area contributed by atoms with Crippen LogP contribution in [0.5, 0.6) is 5.75 Å². The van der Waals surface area contributed by atoms with Crippen molar-refractivity contribution < 1.29 is 19.7 Å². The highest BCUT2D eigenvalue weighted by atomic mass is 16.5. The lowest BCUT2D eigenvalue weighted by molar-refractivity contribution is -0.159. The minimum atomic E-state index is -1.35. The quantitative estimate of drug-likeness (QED) is 0.778. The van der Waals surface area contributed by atoms with Crippen LogP contribution in [0.2, 0.25) is 0 Å². The first-order valence-electron chi connectivity index (χ1n) is 7.92. The Morgan fingerprint density at radius 3 is 2.91 bits per heavy atom. The van der Waals surface area contributed by atoms with E-state index in [1.807, 2.05) is 18.0 Å². The molecule has 1 fully saturated rings. The van der Waals surface area contributed by atoms with Crippen LogP contribution in [0.3, 0.4) is 0 Å². The monoisotopic (exact) mass is 322 g/mol. The summed E-state index contributed by atoms with van der Waals surface area (Å²) in [6.45, 7) is 2.47. The van der Waals surface area contributed by atoms with E-state index in [0.717, 1.165) is 12.0 Å². The predicted molar refractivity (Wildman–Crippen MR) is 87.1 cm³/mol. The number of carbonyl (C=O) groups excluding carboxylic acids is 1. The van der Waals surface area contributed by atoms with Gasteiger partial charge in [0, 0.05) is 33.3 Å². The summed E-state index contributed by atoms with van der Waals surface area (Å²) in [5, 5.41) is 20.3. The Kier molecular flexibility index (Phi) is 5.98. The van der Waals surface area contributed by atoms with Crippen LogP contribution in [0.25, 0.3) is 0 Å². The number of rotatable bonds is 7. The van der Waals surface area contributed by atoms with Gasteiger partial charge in [-0.3, -0.25) is 9.69 Å². The van der Waals surface area contributed by atoms with Gasteiger partial charge in [0.25, 0.3) is 5.91 Å². The van der Waals surface area contributed by atoms with Gasteiger partial charge in [-0.1, -0.05) is 12.1 Å². The van der Waals surface area contributed by atoms with Crippen LogP contribution >= 0.6 is 0 Å². The summed E-state index contributed by atoms with van der Waals surface area (Å²) in [6.07, 6.45) is 1.26. The van der Waals surface area contributed by atoms with Gasteiger partial charge in [-0.05, 0) is 37.6 Å². The molecule has 0 aliphatic carbocycles. The number of aliphatic hydroxyl groups is 1. The molecule has 0 spiro atoms. The zero-order valence-corrected chi connectivity index (χ0v) is 13.9. The summed E-state index contributed by atoms with van der Waals surface area (Å²) in [5.41, 5.74) is -0.409. The maximum Gasteiger partial charge on any atom is 0.255 e. The molecule has 1 aromatic rings. The number of likely N-dealkylation sites (N-methyl/N-ethyl adjacent to an activating group) is 1. The van der Waals surface area contributed by atoms with Crippen molar-refractivity contribution in [3.05, 3.63) is 29.8 Å². The number of piperidine rings is 1. The first-order valence-corrected chi connectivity index (χ1v) is 7.92. The molecule has 1 atom stereocenters. The molecule has 0 saturated carbocycles. The van der Waals surface area contributed by atoms with E-state index in [4.69, 9.17) is 4.74 Å². The number of ether oxygens (including phenoxy) is 1. The molecule has 1 aromatic carbocycles. The van der Waals surface area contributed by atoms with Gasteiger partial charge in [-0.2, -0.15) is 0 Å². The Morgan fingerprint density at radius 2 is 2.22 bits per heavy atom. The van der Waals surface area contributed by atoms with Gasteiger partial charge in [0.1, 0.15) is 5.75 Å². The molecule has 1 unspecified atom stereocenters. The van der Waals surface area contributed by atoms with Gasteiger partial charge in [0.05, 0.1) is 6.61 Å². The molecule has 23 heavy (non-hydrogen) atoms. The summed E-state index contributed by atoms with van der Waals surface area (Å²) in [6, 6.07) is 7.00. The largest absolute Gasteiger partial charge is 0.508 e. The fourth-order valence-electron chi connectivity index (χ4n) is 3.10. The Hall–Kier alpha value is -1.63. The summed E-state index contributed by atoms with van der Waals surface area (Å²) < 4.78 is 5.02. The minimum absolute atomic E-state index is 0.217. The summed E-state index contributed by atoms with van der Waals surface area (Å²) in [4.78, 5) is 16.1. The molecule has 2 N–H and O–H groups in total. The number of hydrogen-bond donors (Lipinski definition) is 2. The Balaban J connectivity index is 1.97. The second-order valence-corrected chi connectivity index (χ2v) is 6.26. The molecule has 1 aliphatic rings. The smallest absolute Gasteiger partial charge is 0.255 e. The Morgan fingerprint density at radius 1 is 1.43 bits per heavy atom. The number of nitrogens with zero attached hydrogens (tertiary/aromatic N) is 2. The fourth-order valence-corrected chi connectivity index (χ4v) is 3.10. The van der Waals surface area contributed by atoms with Crippen LogP contribution in [0.4, 0.5) is 0 Å². The summed E-state index contributed by atoms with van der Waals surface area (Å²) >= 11 is 0. The van der Waals surface area contributed by atoms with Crippen LogP contribution in [0.1, 0.15) is 18.4 Å². The number of hydrogen-bond acceptors (Lipinski definition) is 5. The van der Waals surface area contributed by atoms with Gasteiger partial charge in [0.2, 0.25) is 0 Å². The zero-order chi connectivity index (χ0) is 16.9. The molecule has 128 valence electrons. The second-order valence-electron chi connectivity index (χ2n) is 6.26. The van der Waals surface area contributed by atoms with Crippen LogP contribution < -0.4 is 0 Å². The molecular formula is C17H26N2O4. The summed E-state index contributed by atoms with van der Waals surface area (Å²) in [5.74, 6) is -0.00217. The molecule has 0 bridgehead atoms. The number of phenols is 1. The first-order chi connectivity index (χ1) is 10.9. The zero-order valence-electron chi connectivity index (χ0n) is 13.9. The van der Waals surface area contributed by atoms with E-state index in [0.29, 0.717) is 32.7 Å². The highest BCUT2D eigenvalue weighted by Gasteiger charge is 2.42. The molecule has 1 saturated heterocycles. The van der Waals surface area contributed by atoms with Crippen molar-refractivity contribution in [3.63, 3.8) is 0 Å². The molecule has 0 aromatic heterocycles. The van der Waals surface area contributed by atoms with Crippen LogP contribution in [0.15, 0.2) is 24.3 Å². The third-order valence-electron chi connectivity index (χ3n) is 4.16. The predicted octanol–water partition coefficient (Wildman–Crippen LogP) is 0.824. The molecule has 1 amide bonds. The standard InChI is InChI=1S/C17H26N2O4/c1-18(12-14-5-3-6-15(20)11-14)13-17(22)7-4-8-19(16(17)21)9-10-23-2/h3,5-6,11,20,22H,4,7-10,12-13H2,1-2H3. The SMILES string of the molecule is COCCN1CCCC(O)(CN(C)Cc2cccc(O)c2)C1=O. The molecule has 0 radical (unpaired) electrons. The third-order valence-corrected chi connectivity index (χ3v) is 4.16. The molecule has 2 rings (SSSR count). The van der Waals surface area contributed by atoms with Gasteiger partial charge in [-0.25, -0.2) is 0 Å². The van der Waals surface area contributed by atoms with E-state index in [-0.39, 0.29) is 18.2 Å². The lowest BCUT2D eigenvalue weighted by Gasteiger charge is -2.40. The Labute approximate surface area is 137 Å². The van der Waals surface area contributed by atoms with Crippen molar-refractivity contribution in [2.24, 2.45) is 0 Å². The molecular weight excluding hydrogens is 296 g/mol. The second kappa shape index (κ2) is 7.77. The first kappa shape index (κ1) is 17.7. The van der Waals surface area contributed by atoms with Crippen LogP contribution in [-0.2, 0) is 16.1 Å². The van der Waals surface area contributed by atoms with Crippen molar-refractivity contribution in [2.45, 2.75) is 25.0 Å². The van der Waals surface area contributed by atoms with E-state index < -0.39 is 5.60 Å². The number of benzene rings is 1. The lowest BCUT2D eigenvalue weighted by Crippen LogP contribution is -2.58. The van der Waals surface area contributed by atoms with Gasteiger partial charge in [-0.15, -0.1) is 0 Å². The Bertz CT molecular complexity index is 537. The van der Waals surface area contributed by atoms with Crippen molar-refractivity contribution in [3.8, 4) is 5.75 Å². The number of carbonyl (C=O) groups is 1. The maximum atomic E-state index is 12.5. The van der Waals surface area contributed by atoms with Crippen molar-refractivity contribution >= 4 is 5.91 Å². The van der Waals surface area contributed by atoms with Crippen molar-refractivity contribution in [1.29, 1.82) is 0 Å². The topological polar surface area (TPSA) is 73.2 Å². The molecule has 1 aliphatic heterocycles. The van der Waals surface area contributed by atoms with Gasteiger partial charge in [0.15, 0.2) is 5.60 Å². The van der Waals surface area contributed by atoms with E-state index >= 15 is 0 Å². The lowest BCUT2D eigenvalue weighted by atomic mass is 9.91. The average Bonchev–Trinajstić information content (AvgIpc) is 2.49. The van der Waals surface area contributed by atoms with Crippen molar-refractivity contribution in [2.75, 3.05) is 40.4 Å². The van der Waals surface area contributed by atoms with Crippen LogP contribution in [-0.4, -0.2) is 71.9 Å². The summed E-state index contributed by atoms with van der Waals surface area (Å²) in [7, 11) is 3.47. The maximum absolute atomic E-state index is 12.5. The molecule has 1 heterocycles. The van der Waals surface area contributed by atoms with E-state index in [1.165, 1.54) is 0 Å². The fraction of sp³-hybridized carbons (Fsp3) is 0.588. The normalized spacial score (nSPS) is 21.9. The number of amides is 1. The van der Waals surface area contributed by atoms with Crippen LogP contribution in [0, 0.1) is 0 Å². The number of phenolic OH excluding ortho intramolecular Hbond substituents is 1. The van der Waals surface area contributed by atoms with Crippen molar-refractivity contribution in [1.82, 2.24) is 9.80 Å². The number of methoxy groups -OCH3 is 1. The number of likely N-dealkylation sites (tertiary alicyclic amines) is 1. The minimum Gasteiger partial charge on any atom is -0.508 e. The average molecular weight is 322 g/mol. The highest BCUT2D eigenvalue weighted by molar-refractivity contribution is 5.86.